The first-order valence-corrected chi connectivity index (χ1v) is 9.87. The van der Waals surface area contributed by atoms with Gasteiger partial charge in [-0.1, -0.05) is 11.8 Å². The van der Waals surface area contributed by atoms with Crippen molar-refractivity contribution in [1.82, 2.24) is 9.55 Å². The molecule has 2 aromatic rings. The van der Waals surface area contributed by atoms with Crippen molar-refractivity contribution >= 4 is 28.6 Å². The predicted octanol–water partition coefficient (Wildman–Crippen LogP) is 2.76. The monoisotopic (exact) mass is 387 g/mol. The van der Waals surface area contributed by atoms with E-state index in [1.165, 1.54) is 18.9 Å². The van der Waals surface area contributed by atoms with Gasteiger partial charge in [-0.05, 0) is 37.5 Å². The van der Waals surface area contributed by atoms with Crippen molar-refractivity contribution in [3.8, 4) is 6.07 Å². The number of ether oxygens (including phenoxy) is 2. The van der Waals surface area contributed by atoms with E-state index in [-0.39, 0.29) is 11.7 Å². The highest BCUT2D eigenvalue weighted by molar-refractivity contribution is 7.99. The first-order valence-electron chi connectivity index (χ1n) is 8.88. The number of aromatic nitrogens is 2. The van der Waals surface area contributed by atoms with Gasteiger partial charge >= 0.3 is 5.97 Å². The van der Waals surface area contributed by atoms with Crippen LogP contribution in [0.15, 0.2) is 28.2 Å². The number of rotatable bonds is 7. The number of esters is 1. The Bertz CT molecular complexity index is 929. The summed E-state index contributed by atoms with van der Waals surface area (Å²) in [4.78, 5) is 29.5. The van der Waals surface area contributed by atoms with Crippen molar-refractivity contribution in [3.05, 3.63) is 34.1 Å². The Kier molecular flexibility index (Phi) is 6.48. The molecule has 1 fully saturated rings. The minimum absolute atomic E-state index is 0.00903. The number of nitriles is 1. The van der Waals surface area contributed by atoms with Crippen LogP contribution in [0, 0.1) is 11.3 Å². The van der Waals surface area contributed by atoms with Gasteiger partial charge in [-0.25, -0.2) is 9.78 Å². The van der Waals surface area contributed by atoms with Gasteiger partial charge in [0.2, 0.25) is 0 Å². The summed E-state index contributed by atoms with van der Waals surface area (Å²) in [5, 5.41) is 9.76. The Morgan fingerprint density at radius 3 is 3.07 bits per heavy atom. The quantitative estimate of drug-likeness (QED) is 0.312. The number of hydrogen-bond donors (Lipinski definition) is 0. The Morgan fingerprint density at radius 1 is 1.52 bits per heavy atom. The molecule has 1 aromatic heterocycles. The van der Waals surface area contributed by atoms with Crippen molar-refractivity contribution in [2.45, 2.75) is 43.5 Å². The maximum atomic E-state index is 13.1. The van der Waals surface area contributed by atoms with Crippen molar-refractivity contribution in [3.63, 3.8) is 0 Å². The summed E-state index contributed by atoms with van der Waals surface area (Å²) in [5.74, 6) is 0.221. The second kappa shape index (κ2) is 9.02. The molecule has 0 amide bonds. The van der Waals surface area contributed by atoms with Crippen LogP contribution in [0.25, 0.3) is 10.9 Å². The lowest BCUT2D eigenvalue weighted by molar-refractivity contribution is 0.0601. The number of hydrogen-bond acceptors (Lipinski definition) is 7. The van der Waals surface area contributed by atoms with Crippen molar-refractivity contribution in [2.75, 3.05) is 19.5 Å². The Morgan fingerprint density at radius 2 is 2.37 bits per heavy atom. The van der Waals surface area contributed by atoms with Crippen LogP contribution < -0.4 is 5.56 Å². The van der Waals surface area contributed by atoms with Gasteiger partial charge in [0.05, 0.1) is 42.3 Å². The molecule has 2 heterocycles. The summed E-state index contributed by atoms with van der Waals surface area (Å²) in [5.41, 5.74) is 0.679. The zero-order valence-electron chi connectivity index (χ0n) is 15.1. The van der Waals surface area contributed by atoms with Crippen LogP contribution in [0.4, 0.5) is 0 Å². The molecule has 3 rings (SSSR count). The molecule has 142 valence electrons. The number of carbonyl (C=O) groups excluding carboxylic acids is 1. The number of carbonyl (C=O) groups is 1. The molecular formula is C19H21N3O4S. The predicted molar refractivity (Wildman–Crippen MR) is 102 cm³/mol. The smallest absolute Gasteiger partial charge is 0.337 e. The zero-order valence-corrected chi connectivity index (χ0v) is 16.0. The molecule has 1 aromatic carbocycles. The third-order valence-corrected chi connectivity index (χ3v) is 5.48. The lowest BCUT2D eigenvalue weighted by Gasteiger charge is -2.16. The third kappa shape index (κ3) is 4.49. The molecule has 0 unspecified atom stereocenters. The van der Waals surface area contributed by atoms with Crippen LogP contribution >= 0.6 is 11.8 Å². The third-order valence-electron chi connectivity index (χ3n) is 4.42. The van der Waals surface area contributed by atoms with Gasteiger partial charge in [0.1, 0.15) is 0 Å². The van der Waals surface area contributed by atoms with E-state index in [1.54, 1.807) is 22.8 Å². The summed E-state index contributed by atoms with van der Waals surface area (Å²) in [7, 11) is 1.32. The second-order valence-electron chi connectivity index (χ2n) is 6.28. The second-order valence-corrected chi connectivity index (χ2v) is 7.34. The molecule has 0 saturated carbocycles. The summed E-state index contributed by atoms with van der Waals surface area (Å²) < 4.78 is 12.1. The SMILES string of the molecule is COC(=O)c1ccc2c(=O)n(C[C@H]3CCCO3)c(SCCCC#N)nc2c1. The van der Waals surface area contributed by atoms with Gasteiger partial charge < -0.3 is 9.47 Å². The van der Waals surface area contributed by atoms with Crippen LogP contribution in [-0.4, -0.2) is 41.1 Å². The molecule has 0 N–H and O–H groups in total. The number of nitrogens with zero attached hydrogens (tertiary/aromatic N) is 3. The highest BCUT2D eigenvalue weighted by Crippen LogP contribution is 2.22. The van der Waals surface area contributed by atoms with E-state index in [9.17, 15) is 9.59 Å². The molecule has 1 atom stereocenters. The summed E-state index contributed by atoms with van der Waals surface area (Å²) >= 11 is 1.45. The largest absolute Gasteiger partial charge is 0.465 e. The molecule has 1 saturated heterocycles. The number of unbranched alkanes of at least 4 members (excludes halogenated alkanes) is 1. The van der Waals surface area contributed by atoms with Gasteiger partial charge in [0.25, 0.3) is 5.56 Å². The Hall–Kier alpha value is -2.37. The highest BCUT2D eigenvalue weighted by atomic mass is 32.2. The summed E-state index contributed by atoms with van der Waals surface area (Å²) in [6.07, 6.45) is 3.10. The van der Waals surface area contributed by atoms with E-state index in [4.69, 9.17) is 14.7 Å². The molecule has 0 aliphatic carbocycles. The molecule has 0 radical (unpaired) electrons. The molecule has 0 spiro atoms. The van der Waals surface area contributed by atoms with Gasteiger partial charge in [0.15, 0.2) is 5.16 Å². The molecule has 8 heteroatoms. The van der Waals surface area contributed by atoms with Crippen LogP contribution in [0.1, 0.15) is 36.0 Å². The fourth-order valence-corrected chi connectivity index (χ4v) is 3.97. The molecule has 0 bridgehead atoms. The van der Waals surface area contributed by atoms with Crippen LogP contribution in [-0.2, 0) is 16.0 Å². The van der Waals surface area contributed by atoms with E-state index in [0.29, 0.717) is 46.9 Å². The normalized spacial score (nSPS) is 16.4. The maximum absolute atomic E-state index is 13.1. The van der Waals surface area contributed by atoms with E-state index in [0.717, 1.165) is 19.3 Å². The maximum Gasteiger partial charge on any atom is 0.337 e. The fourth-order valence-electron chi connectivity index (χ4n) is 3.02. The lowest BCUT2D eigenvalue weighted by Crippen LogP contribution is -2.29. The Balaban J connectivity index is 2.00. The average molecular weight is 387 g/mol. The number of thioether (sulfide) groups is 1. The number of methoxy groups -OCH3 is 1. The van der Waals surface area contributed by atoms with Crippen LogP contribution in [0.3, 0.4) is 0 Å². The molecule has 1 aliphatic heterocycles. The molecule has 7 nitrogen and oxygen atoms in total. The first-order chi connectivity index (χ1) is 13.1. The fraction of sp³-hybridized carbons (Fsp3) is 0.474. The Labute approximate surface area is 161 Å². The molecule has 1 aliphatic rings. The topological polar surface area (TPSA) is 94.2 Å². The van der Waals surface area contributed by atoms with Crippen LogP contribution in [0.5, 0.6) is 0 Å². The lowest BCUT2D eigenvalue weighted by atomic mass is 10.1. The van der Waals surface area contributed by atoms with Crippen molar-refractivity contribution < 1.29 is 14.3 Å². The number of benzene rings is 1. The molecule has 27 heavy (non-hydrogen) atoms. The van der Waals surface area contributed by atoms with E-state index >= 15 is 0 Å². The average Bonchev–Trinajstić information content (AvgIpc) is 3.20. The van der Waals surface area contributed by atoms with Gasteiger partial charge in [-0.15, -0.1) is 0 Å². The first kappa shape index (κ1) is 19.4. The zero-order chi connectivity index (χ0) is 19.2. The summed E-state index contributed by atoms with van der Waals surface area (Å²) in [6, 6.07) is 6.90. The van der Waals surface area contributed by atoms with Crippen LogP contribution in [0.2, 0.25) is 0 Å². The standard InChI is InChI=1S/C19H21N3O4S/c1-25-18(24)13-6-7-15-16(11-13)21-19(27-10-3-2-8-20)22(17(15)23)12-14-5-4-9-26-14/h6-7,11,14H,2-5,9-10,12H2,1H3/t14-/m1/s1. The highest BCUT2D eigenvalue weighted by Gasteiger charge is 2.20. The van der Waals surface area contributed by atoms with E-state index in [1.807, 2.05) is 0 Å². The molecular weight excluding hydrogens is 366 g/mol. The van der Waals surface area contributed by atoms with Gasteiger partial charge in [0, 0.05) is 18.8 Å². The summed E-state index contributed by atoms with van der Waals surface area (Å²) in [6.45, 7) is 1.18. The van der Waals surface area contributed by atoms with E-state index in [2.05, 4.69) is 11.1 Å². The minimum Gasteiger partial charge on any atom is -0.465 e. The number of fused-ring (bicyclic) bond motifs is 1. The minimum atomic E-state index is -0.467. The van der Waals surface area contributed by atoms with Crippen molar-refractivity contribution in [1.29, 1.82) is 5.26 Å². The van der Waals surface area contributed by atoms with Crippen molar-refractivity contribution in [2.24, 2.45) is 0 Å². The van der Waals surface area contributed by atoms with E-state index < -0.39 is 5.97 Å². The van der Waals surface area contributed by atoms with Gasteiger partial charge in [-0.3, -0.25) is 9.36 Å². The van der Waals surface area contributed by atoms with Gasteiger partial charge in [-0.2, -0.15) is 5.26 Å².